The van der Waals surface area contributed by atoms with Crippen LogP contribution in [0.2, 0.25) is 0 Å². The Hall–Kier alpha value is -4.25. The molecule has 3 aromatic carbocycles. The van der Waals surface area contributed by atoms with Gasteiger partial charge >= 0.3 is 0 Å². The topological polar surface area (TPSA) is 149 Å². The highest BCUT2D eigenvalue weighted by Gasteiger charge is 2.40. The van der Waals surface area contributed by atoms with Gasteiger partial charge in [-0.25, -0.2) is 0 Å². The van der Waals surface area contributed by atoms with E-state index in [2.05, 4.69) is 0 Å². The average molecular weight is 522 g/mol. The van der Waals surface area contributed by atoms with E-state index in [1.165, 1.54) is 45.6 Å². The number of rotatable bonds is 9. The van der Waals surface area contributed by atoms with E-state index in [1.54, 1.807) is 24.3 Å². The number of methoxy groups -OCH3 is 3. The van der Waals surface area contributed by atoms with E-state index in [0.29, 0.717) is 44.9 Å². The van der Waals surface area contributed by atoms with Crippen LogP contribution in [-0.2, 0) is 19.8 Å². The fourth-order valence-electron chi connectivity index (χ4n) is 4.99. The number of aliphatic hydroxyl groups excluding tert-OH is 3. The number of aliphatic hydroxyl groups is 3. The zero-order valence-corrected chi connectivity index (χ0v) is 21.1. The lowest BCUT2D eigenvalue weighted by Crippen LogP contribution is -2.08. The Kier molecular flexibility index (Phi) is 7.77. The molecule has 0 amide bonds. The molecule has 0 saturated carbocycles. The van der Waals surface area contributed by atoms with E-state index in [9.17, 15) is 30.2 Å². The molecule has 0 fully saturated rings. The van der Waals surface area contributed by atoms with Gasteiger partial charge in [-0.2, -0.15) is 0 Å². The molecule has 3 aromatic rings. The number of nitro groups is 1. The summed E-state index contributed by atoms with van der Waals surface area (Å²) in [6.45, 7) is -1.23. The van der Waals surface area contributed by atoms with Crippen molar-refractivity contribution in [3.05, 3.63) is 97.1 Å². The fraction of sp³-hybridized carbons (Fsp3) is 0.250. The summed E-state index contributed by atoms with van der Waals surface area (Å²) in [5.74, 6) is -0.205. The van der Waals surface area contributed by atoms with Crippen LogP contribution in [0, 0.1) is 10.1 Å². The number of fused-ring (bicyclic) bond motifs is 1. The number of hydrogen-bond donors (Lipinski definition) is 3. The van der Waals surface area contributed by atoms with E-state index in [-0.39, 0.29) is 35.0 Å². The van der Waals surface area contributed by atoms with E-state index in [4.69, 9.17) is 14.2 Å². The van der Waals surface area contributed by atoms with Gasteiger partial charge in [-0.3, -0.25) is 14.9 Å². The Morgan fingerprint density at radius 2 is 1.63 bits per heavy atom. The smallest absolute Gasteiger partial charge is 0.270 e. The summed E-state index contributed by atoms with van der Waals surface area (Å²) in [5.41, 5.74) is 2.99. The molecule has 0 aliphatic heterocycles. The molecule has 10 heteroatoms. The van der Waals surface area contributed by atoms with Crippen molar-refractivity contribution in [2.45, 2.75) is 25.7 Å². The fourth-order valence-corrected chi connectivity index (χ4v) is 4.99. The van der Waals surface area contributed by atoms with E-state index >= 15 is 0 Å². The average Bonchev–Trinajstić information content (AvgIpc) is 3.21. The van der Waals surface area contributed by atoms with Gasteiger partial charge in [-0.15, -0.1) is 0 Å². The maximum Gasteiger partial charge on any atom is 0.270 e. The summed E-state index contributed by atoms with van der Waals surface area (Å²) in [6.07, 6.45) is 1.58. The van der Waals surface area contributed by atoms with Gasteiger partial charge < -0.3 is 29.5 Å². The third kappa shape index (κ3) is 4.49. The highest BCUT2D eigenvalue weighted by atomic mass is 16.6. The molecule has 0 radical (unpaired) electrons. The van der Waals surface area contributed by atoms with Crippen molar-refractivity contribution >= 4 is 17.5 Å². The van der Waals surface area contributed by atoms with Crippen molar-refractivity contribution in [3.63, 3.8) is 0 Å². The molecule has 0 bridgehead atoms. The van der Waals surface area contributed by atoms with Crippen LogP contribution in [0.25, 0.3) is 6.08 Å². The number of carbonyl (C=O) groups excluding carboxylic acids is 1. The van der Waals surface area contributed by atoms with Gasteiger partial charge in [0.2, 0.25) is 0 Å². The molecular formula is C28H27NO9. The monoisotopic (exact) mass is 521 g/mol. The van der Waals surface area contributed by atoms with Crippen molar-refractivity contribution in [1.82, 2.24) is 0 Å². The first-order valence-electron chi connectivity index (χ1n) is 11.6. The number of carbonyl (C=O) groups is 1. The Bertz CT molecular complexity index is 1420. The molecular weight excluding hydrogens is 494 g/mol. The minimum absolute atomic E-state index is 0.129. The second-order valence-corrected chi connectivity index (χ2v) is 8.61. The van der Waals surface area contributed by atoms with Crippen LogP contribution < -0.4 is 14.2 Å². The largest absolute Gasteiger partial charge is 0.496 e. The number of hydrogen-bond acceptors (Lipinski definition) is 9. The zero-order chi connectivity index (χ0) is 27.6. The molecule has 3 N–H and O–H groups in total. The number of Topliss-reactive ketones (excluding diaryl/α,β-unsaturated/α-hetero) is 1. The van der Waals surface area contributed by atoms with E-state index in [0.717, 1.165) is 0 Å². The molecule has 1 atom stereocenters. The van der Waals surface area contributed by atoms with Crippen molar-refractivity contribution < 1.29 is 39.2 Å². The summed E-state index contributed by atoms with van der Waals surface area (Å²) in [5, 5.41) is 41.4. The van der Waals surface area contributed by atoms with Gasteiger partial charge in [0.05, 0.1) is 46.1 Å². The number of nitro benzene ring substituents is 1. The molecule has 38 heavy (non-hydrogen) atoms. The van der Waals surface area contributed by atoms with Gasteiger partial charge in [-0.05, 0) is 41.0 Å². The summed E-state index contributed by atoms with van der Waals surface area (Å²) >= 11 is 0. The van der Waals surface area contributed by atoms with Gasteiger partial charge in [0.15, 0.2) is 17.3 Å². The molecule has 4 rings (SSSR count). The van der Waals surface area contributed by atoms with Crippen LogP contribution in [0.3, 0.4) is 0 Å². The Morgan fingerprint density at radius 1 is 0.921 bits per heavy atom. The van der Waals surface area contributed by atoms with Gasteiger partial charge in [0.1, 0.15) is 5.75 Å². The number of nitrogens with zero attached hydrogens (tertiary/aromatic N) is 1. The summed E-state index contributed by atoms with van der Waals surface area (Å²) in [7, 11) is 4.31. The molecule has 0 saturated heterocycles. The Morgan fingerprint density at radius 3 is 2.21 bits per heavy atom. The van der Waals surface area contributed by atoms with Crippen molar-refractivity contribution in [1.29, 1.82) is 0 Å². The van der Waals surface area contributed by atoms with Crippen LogP contribution in [0.5, 0.6) is 17.2 Å². The van der Waals surface area contributed by atoms with Crippen LogP contribution >= 0.6 is 0 Å². The SMILES string of the molecule is COc1cc(C2/C(=C/c3cccc([N+](=O)[O-])c3)C(=O)c3cc(CO)c(CO)c(OC)c32)cc(CO)c1OC. The predicted octanol–water partition coefficient (Wildman–Crippen LogP) is 3.51. The quantitative estimate of drug-likeness (QED) is 0.218. The first kappa shape index (κ1) is 26.8. The second-order valence-electron chi connectivity index (χ2n) is 8.61. The van der Waals surface area contributed by atoms with Crippen molar-refractivity contribution in [2.24, 2.45) is 0 Å². The van der Waals surface area contributed by atoms with Crippen molar-refractivity contribution in [2.75, 3.05) is 21.3 Å². The van der Waals surface area contributed by atoms with Crippen molar-refractivity contribution in [3.8, 4) is 17.2 Å². The van der Waals surface area contributed by atoms with Gasteiger partial charge in [0.25, 0.3) is 5.69 Å². The molecule has 0 heterocycles. The highest BCUT2D eigenvalue weighted by Crippen LogP contribution is 2.51. The molecule has 10 nitrogen and oxygen atoms in total. The Labute approximate surface area is 218 Å². The lowest BCUT2D eigenvalue weighted by atomic mass is 9.85. The number of allylic oxidation sites excluding steroid dienone is 1. The third-order valence-corrected chi connectivity index (χ3v) is 6.64. The zero-order valence-electron chi connectivity index (χ0n) is 21.1. The highest BCUT2D eigenvalue weighted by molar-refractivity contribution is 6.18. The van der Waals surface area contributed by atoms with Crippen LogP contribution in [-0.4, -0.2) is 47.4 Å². The first-order valence-corrected chi connectivity index (χ1v) is 11.6. The molecule has 1 unspecified atom stereocenters. The van der Waals surface area contributed by atoms with Gasteiger partial charge in [0, 0.05) is 45.9 Å². The van der Waals surface area contributed by atoms with E-state index < -0.39 is 24.1 Å². The third-order valence-electron chi connectivity index (χ3n) is 6.64. The molecule has 1 aliphatic rings. The lowest BCUT2D eigenvalue weighted by molar-refractivity contribution is -0.384. The van der Waals surface area contributed by atoms with Gasteiger partial charge in [-0.1, -0.05) is 12.1 Å². The molecule has 1 aliphatic carbocycles. The van der Waals surface area contributed by atoms with Crippen LogP contribution in [0.1, 0.15) is 49.7 Å². The van der Waals surface area contributed by atoms with Crippen LogP contribution in [0.4, 0.5) is 5.69 Å². The maximum atomic E-state index is 13.9. The summed E-state index contributed by atoms with van der Waals surface area (Å²) in [6, 6.07) is 10.8. The first-order chi connectivity index (χ1) is 18.3. The summed E-state index contributed by atoms with van der Waals surface area (Å²) in [4.78, 5) is 24.7. The normalized spacial score (nSPS) is 15.5. The number of ether oxygens (including phenoxy) is 3. The molecule has 0 aromatic heterocycles. The number of ketones is 1. The maximum absolute atomic E-state index is 13.9. The number of benzene rings is 3. The lowest BCUT2D eigenvalue weighted by Gasteiger charge is -2.22. The molecule has 198 valence electrons. The summed E-state index contributed by atoms with van der Waals surface area (Å²) < 4.78 is 16.6. The standard InChI is InChI=1S/C28H27NO9/c1-36-23-11-16(9-18(13-31)27(23)37-2)24-20(8-15-5-4-6-19(7-15)29(34)35)26(33)21-10-17(12-30)22(14-32)28(38-3)25(21)24/h4-11,24,30-32H,12-14H2,1-3H3/b20-8-. The second kappa shape index (κ2) is 11.0. The number of non-ortho nitro benzene ring substituents is 1. The Balaban J connectivity index is 2.07. The molecule has 0 spiro atoms. The minimum atomic E-state index is -0.755. The van der Waals surface area contributed by atoms with Crippen LogP contribution in [0.15, 0.2) is 48.0 Å². The predicted molar refractivity (Wildman–Crippen MR) is 138 cm³/mol. The van der Waals surface area contributed by atoms with E-state index in [1.807, 2.05) is 0 Å². The minimum Gasteiger partial charge on any atom is -0.496 e.